The van der Waals surface area contributed by atoms with Crippen molar-refractivity contribution < 1.29 is 28.5 Å². The third-order valence-electron chi connectivity index (χ3n) is 5.87. The molecule has 3 aliphatic rings. The highest BCUT2D eigenvalue weighted by molar-refractivity contribution is 5.84. The molecule has 3 aliphatic heterocycles. The van der Waals surface area contributed by atoms with Gasteiger partial charge < -0.3 is 23.7 Å². The first-order valence-electron chi connectivity index (χ1n) is 10.7. The van der Waals surface area contributed by atoms with Crippen molar-refractivity contribution in [2.24, 2.45) is 0 Å². The van der Waals surface area contributed by atoms with Crippen LogP contribution in [-0.2, 0) is 14.2 Å². The number of benzene rings is 2. The van der Waals surface area contributed by atoms with Gasteiger partial charge in [-0.2, -0.15) is 0 Å². The molecule has 0 spiro atoms. The van der Waals surface area contributed by atoms with E-state index in [1.54, 1.807) is 16.8 Å². The molecule has 0 bridgehead atoms. The van der Waals surface area contributed by atoms with Crippen molar-refractivity contribution in [1.82, 2.24) is 20.2 Å². The second-order valence-corrected chi connectivity index (χ2v) is 7.90. The minimum atomic E-state index is -0.554. The number of ether oxygens (including phenoxy) is 5. The lowest BCUT2D eigenvalue weighted by atomic mass is 10.1. The summed E-state index contributed by atoms with van der Waals surface area (Å²) in [4.78, 5) is 12.3. The van der Waals surface area contributed by atoms with E-state index in [0.29, 0.717) is 42.8 Å². The summed E-state index contributed by atoms with van der Waals surface area (Å²) in [6.45, 7) is 1.58. The van der Waals surface area contributed by atoms with Gasteiger partial charge in [0.1, 0.15) is 31.5 Å². The number of aromatic nitrogens is 4. The van der Waals surface area contributed by atoms with Gasteiger partial charge in [-0.25, -0.2) is 9.48 Å². The summed E-state index contributed by atoms with van der Waals surface area (Å²) in [5.74, 6) is 1.92. The van der Waals surface area contributed by atoms with E-state index < -0.39 is 18.3 Å². The number of hydrogen-bond donors (Lipinski definition) is 1. The number of hydrogen-bond acceptors (Lipinski definition) is 9. The Morgan fingerprint density at radius 3 is 2.70 bits per heavy atom. The SMILES string of the molecule is O=C(Nc1ccccc1)O[C@@H]1CO[C@H]2[C@@H]1OC[C@@H]2n1nnnc1-c1ccc2c(c1)OCCO2. The zero-order valence-electron chi connectivity index (χ0n) is 17.5. The van der Waals surface area contributed by atoms with Gasteiger partial charge >= 0.3 is 6.09 Å². The van der Waals surface area contributed by atoms with Gasteiger partial charge in [-0.1, -0.05) is 18.2 Å². The lowest BCUT2D eigenvalue weighted by Crippen LogP contribution is -2.35. The predicted octanol–water partition coefficient (Wildman–Crippen LogP) is 2.07. The molecule has 170 valence electrons. The Labute approximate surface area is 188 Å². The van der Waals surface area contributed by atoms with Crippen LogP contribution in [0.1, 0.15) is 6.04 Å². The zero-order valence-corrected chi connectivity index (χ0v) is 17.5. The quantitative estimate of drug-likeness (QED) is 0.636. The molecule has 3 aromatic rings. The fraction of sp³-hybridized carbons (Fsp3) is 0.364. The summed E-state index contributed by atoms with van der Waals surface area (Å²) in [6.07, 6.45) is -1.84. The summed E-state index contributed by atoms with van der Waals surface area (Å²) < 4.78 is 30.5. The zero-order chi connectivity index (χ0) is 22.2. The Balaban J connectivity index is 1.17. The first-order valence-corrected chi connectivity index (χ1v) is 10.7. The Bertz CT molecular complexity index is 1160. The molecule has 0 radical (unpaired) electrons. The molecule has 1 aromatic heterocycles. The van der Waals surface area contributed by atoms with E-state index in [4.69, 9.17) is 23.7 Å². The molecular weight excluding hydrogens is 430 g/mol. The summed E-state index contributed by atoms with van der Waals surface area (Å²) in [5, 5.41) is 15.0. The van der Waals surface area contributed by atoms with Crippen molar-refractivity contribution in [2.75, 3.05) is 31.7 Å². The maximum atomic E-state index is 12.3. The Hall–Kier alpha value is -3.70. The number of tetrazole rings is 1. The van der Waals surface area contributed by atoms with Crippen molar-refractivity contribution in [1.29, 1.82) is 0 Å². The molecule has 2 aromatic carbocycles. The third-order valence-corrected chi connectivity index (χ3v) is 5.87. The number of carbonyl (C=O) groups excluding carboxylic acids is 1. The summed E-state index contributed by atoms with van der Waals surface area (Å²) in [5.41, 5.74) is 1.45. The fourth-order valence-electron chi connectivity index (χ4n) is 4.35. The molecule has 11 heteroatoms. The number of nitrogens with one attached hydrogen (secondary N) is 1. The Kier molecular flexibility index (Phi) is 5.04. The Morgan fingerprint density at radius 1 is 1.00 bits per heavy atom. The first-order chi connectivity index (χ1) is 16.3. The molecule has 1 N–H and O–H groups in total. The van der Waals surface area contributed by atoms with Gasteiger partial charge in [0.25, 0.3) is 0 Å². The van der Waals surface area contributed by atoms with Crippen LogP contribution in [0.3, 0.4) is 0 Å². The van der Waals surface area contributed by atoms with Gasteiger partial charge in [0, 0.05) is 11.3 Å². The van der Waals surface area contributed by atoms with Crippen molar-refractivity contribution in [2.45, 2.75) is 24.4 Å². The number of rotatable bonds is 4. The van der Waals surface area contributed by atoms with Crippen LogP contribution in [0.4, 0.5) is 10.5 Å². The number of para-hydroxylation sites is 1. The molecule has 1 amide bonds. The monoisotopic (exact) mass is 451 g/mol. The van der Waals surface area contributed by atoms with Crippen LogP contribution in [0, 0.1) is 0 Å². The van der Waals surface area contributed by atoms with Crippen LogP contribution in [-0.4, -0.2) is 71.0 Å². The van der Waals surface area contributed by atoms with Crippen LogP contribution in [0.15, 0.2) is 48.5 Å². The van der Waals surface area contributed by atoms with E-state index in [9.17, 15) is 4.79 Å². The Morgan fingerprint density at radius 2 is 1.82 bits per heavy atom. The van der Waals surface area contributed by atoms with E-state index in [0.717, 1.165) is 5.56 Å². The molecular formula is C22H21N5O6. The van der Waals surface area contributed by atoms with Crippen LogP contribution in [0.2, 0.25) is 0 Å². The van der Waals surface area contributed by atoms with E-state index in [2.05, 4.69) is 20.8 Å². The van der Waals surface area contributed by atoms with Crippen LogP contribution >= 0.6 is 0 Å². The molecule has 2 fully saturated rings. The predicted molar refractivity (Wildman–Crippen MR) is 113 cm³/mol. The summed E-state index contributed by atoms with van der Waals surface area (Å²) in [7, 11) is 0. The molecule has 0 saturated carbocycles. The van der Waals surface area contributed by atoms with Crippen LogP contribution in [0.5, 0.6) is 11.5 Å². The van der Waals surface area contributed by atoms with Crippen molar-refractivity contribution in [3.8, 4) is 22.9 Å². The largest absolute Gasteiger partial charge is 0.486 e. The standard InChI is InChI=1S/C22H21N5O6/c28-22(23-14-4-2-1-3-5-14)33-18-12-32-19-15(11-31-20(18)19)27-21(24-25-26-27)13-6-7-16-17(10-13)30-9-8-29-16/h1-7,10,15,18-20H,8-9,11-12H2,(H,23,28)/t15-,18+,19+,20+/m0/s1. The second-order valence-electron chi connectivity index (χ2n) is 7.90. The minimum Gasteiger partial charge on any atom is -0.486 e. The third kappa shape index (κ3) is 3.74. The van der Waals surface area contributed by atoms with Crippen molar-refractivity contribution in [3.63, 3.8) is 0 Å². The summed E-state index contributed by atoms with van der Waals surface area (Å²) >= 11 is 0. The maximum Gasteiger partial charge on any atom is 0.412 e. The van der Waals surface area contributed by atoms with E-state index in [1.807, 2.05) is 36.4 Å². The minimum absolute atomic E-state index is 0.232. The van der Waals surface area contributed by atoms with Gasteiger partial charge in [-0.05, 0) is 40.8 Å². The topological polar surface area (TPSA) is 119 Å². The number of anilines is 1. The lowest BCUT2D eigenvalue weighted by Gasteiger charge is -2.20. The van der Waals surface area contributed by atoms with E-state index in [1.165, 1.54) is 0 Å². The lowest BCUT2D eigenvalue weighted by molar-refractivity contribution is 0.00774. The molecule has 33 heavy (non-hydrogen) atoms. The number of nitrogens with zero attached hydrogens (tertiary/aromatic N) is 4. The average Bonchev–Trinajstić information content (AvgIpc) is 3.57. The molecule has 2 saturated heterocycles. The van der Waals surface area contributed by atoms with Gasteiger partial charge in [0.05, 0.1) is 13.2 Å². The van der Waals surface area contributed by atoms with Crippen molar-refractivity contribution in [3.05, 3.63) is 48.5 Å². The smallest absolute Gasteiger partial charge is 0.412 e. The van der Waals surface area contributed by atoms with Gasteiger partial charge in [0.2, 0.25) is 0 Å². The fourth-order valence-corrected chi connectivity index (χ4v) is 4.35. The van der Waals surface area contributed by atoms with E-state index in [-0.39, 0.29) is 18.8 Å². The first kappa shape index (κ1) is 19.9. The number of carbonyl (C=O) groups is 1. The van der Waals surface area contributed by atoms with Gasteiger partial charge in [0.15, 0.2) is 23.4 Å². The van der Waals surface area contributed by atoms with Gasteiger partial charge in [-0.15, -0.1) is 5.10 Å². The van der Waals surface area contributed by atoms with E-state index >= 15 is 0 Å². The molecule has 6 rings (SSSR count). The maximum absolute atomic E-state index is 12.3. The molecule has 0 unspecified atom stereocenters. The van der Waals surface area contributed by atoms with Gasteiger partial charge in [-0.3, -0.25) is 5.32 Å². The number of fused-ring (bicyclic) bond motifs is 2. The normalized spacial score (nSPS) is 25.5. The van der Waals surface area contributed by atoms with Crippen LogP contribution in [0.25, 0.3) is 11.4 Å². The summed E-state index contributed by atoms with van der Waals surface area (Å²) in [6, 6.07) is 14.4. The van der Waals surface area contributed by atoms with Crippen LogP contribution < -0.4 is 14.8 Å². The molecule has 4 heterocycles. The highest BCUT2D eigenvalue weighted by Crippen LogP contribution is 2.38. The second kappa shape index (κ2) is 8.34. The highest BCUT2D eigenvalue weighted by atomic mass is 16.6. The molecule has 11 nitrogen and oxygen atoms in total. The van der Waals surface area contributed by atoms with Crippen molar-refractivity contribution >= 4 is 11.8 Å². The molecule has 4 atom stereocenters. The average molecular weight is 451 g/mol. The number of amides is 1. The molecule has 0 aliphatic carbocycles. The highest BCUT2D eigenvalue weighted by Gasteiger charge is 2.51.